The summed E-state index contributed by atoms with van der Waals surface area (Å²) in [6, 6.07) is 0. The molecule has 0 aliphatic carbocycles. The van der Waals surface area contributed by atoms with Crippen LogP contribution in [0.5, 0.6) is 0 Å². The highest BCUT2D eigenvalue weighted by Crippen LogP contribution is 2.26. The summed E-state index contributed by atoms with van der Waals surface area (Å²) in [4.78, 5) is 11.3. The van der Waals surface area contributed by atoms with E-state index in [0.29, 0.717) is 19.4 Å². The van der Waals surface area contributed by atoms with E-state index in [1.807, 2.05) is 13.8 Å². The van der Waals surface area contributed by atoms with Crippen LogP contribution in [0.4, 0.5) is 0 Å². The monoisotopic (exact) mass is 215 g/mol. The quantitative estimate of drug-likeness (QED) is 0.727. The molecule has 0 aromatic rings. The largest absolute Gasteiger partial charge is 0.480 e. The summed E-state index contributed by atoms with van der Waals surface area (Å²) < 4.78 is 5.51. The second-order valence-corrected chi connectivity index (χ2v) is 4.17. The zero-order valence-electron chi connectivity index (χ0n) is 9.58. The maximum absolute atomic E-state index is 11.3. The van der Waals surface area contributed by atoms with Crippen molar-refractivity contribution in [3.05, 3.63) is 0 Å². The second-order valence-electron chi connectivity index (χ2n) is 4.17. The highest BCUT2D eigenvalue weighted by atomic mass is 16.5. The van der Waals surface area contributed by atoms with Gasteiger partial charge in [-0.25, -0.2) is 0 Å². The third kappa shape index (κ3) is 2.92. The molecular weight excluding hydrogens is 194 g/mol. The first-order valence-corrected chi connectivity index (χ1v) is 5.74. The van der Waals surface area contributed by atoms with Gasteiger partial charge in [-0.05, 0) is 25.8 Å². The molecule has 4 nitrogen and oxygen atoms in total. The van der Waals surface area contributed by atoms with Gasteiger partial charge in [-0.3, -0.25) is 4.79 Å². The Morgan fingerprint density at radius 3 is 2.87 bits per heavy atom. The van der Waals surface area contributed by atoms with Gasteiger partial charge in [0.25, 0.3) is 0 Å². The molecule has 1 rings (SSSR count). The zero-order chi connectivity index (χ0) is 11.3. The van der Waals surface area contributed by atoms with Gasteiger partial charge in [0.05, 0.1) is 6.10 Å². The Bertz CT molecular complexity index is 220. The van der Waals surface area contributed by atoms with Crippen LogP contribution in [0.15, 0.2) is 0 Å². The molecule has 0 aromatic heterocycles. The number of hydrogen-bond acceptors (Lipinski definition) is 3. The number of carboxylic acids is 1. The van der Waals surface area contributed by atoms with Crippen molar-refractivity contribution in [1.82, 2.24) is 5.32 Å². The fourth-order valence-electron chi connectivity index (χ4n) is 2.01. The van der Waals surface area contributed by atoms with Crippen LogP contribution in [-0.2, 0) is 9.53 Å². The minimum absolute atomic E-state index is 0.0826. The van der Waals surface area contributed by atoms with Gasteiger partial charge in [0, 0.05) is 13.0 Å². The van der Waals surface area contributed by atoms with Crippen molar-refractivity contribution >= 4 is 5.97 Å². The van der Waals surface area contributed by atoms with E-state index in [0.717, 1.165) is 19.4 Å². The van der Waals surface area contributed by atoms with E-state index in [4.69, 9.17) is 4.74 Å². The Balaban J connectivity index is 2.66. The Kier molecular flexibility index (Phi) is 4.54. The lowest BCUT2D eigenvalue weighted by atomic mass is 9.85. The molecule has 0 aromatic carbocycles. The van der Waals surface area contributed by atoms with Gasteiger partial charge in [-0.1, -0.05) is 13.8 Å². The van der Waals surface area contributed by atoms with Crippen molar-refractivity contribution in [1.29, 1.82) is 0 Å². The third-order valence-corrected chi connectivity index (χ3v) is 3.04. The summed E-state index contributed by atoms with van der Waals surface area (Å²) in [5.74, 6) is -0.738. The van der Waals surface area contributed by atoms with E-state index < -0.39 is 11.5 Å². The first kappa shape index (κ1) is 12.5. The molecule has 1 heterocycles. The van der Waals surface area contributed by atoms with E-state index in [-0.39, 0.29) is 6.10 Å². The second kappa shape index (κ2) is 5.47. The molecule has 0 saturated carbocycles. The minimum Gasteiger partial charge on any atom is -0.480 e. The smallest absolute Gasteiger partial charge is 0.324 e. The van der Waals surface area contributed by atoms with Crippen LogP contribution >= 0.6 is 0 Å². The molecule has 2 unspecified atom stereocenters. The van der Waals surface area contributed by atoms with E-state index in [2.05, 4.69) is 5.32 Å². The summed E-state index contributed by atoms with van der Waals surface area (Å²) in [6.07, 6.45) is 3.06. The van der Waals surface area contributed by atoms with Crippen molar-refractivity contribution in [3.8, 4) is 0 Å². The average Bonchev–Trinajstić information content (AvgIpc) is 2.26. The van der Waals surface area contributed by atoms with Crippen LogP contribution in [-0.4, -0.2) is 35.9 Å². The van der Waals surface area contributed by atoms with Crippen molar-refractivity contribution in [2.45, 2.75) is 51.2 Å². The number of ether oxygens (including phenoxy) is 1. The predicted molar refractivity (Wildman–Crippen MR) is 57.9 cm³/mol. The molecule has 15 heavy (non-hydrogen) atoms. The topological polar surface area (TPSA) is 58.6 Å². The Hall–Kier alpha value is -0.610. The van der Waals surface area contributed by atoms with Crippen LogP contribution in [0, 0.1) is 0 Å². The maximum Gasteiger partial charge on any atom is 0.324 e. The van der Waals surface area contributed by atoms with Gasteiger partial charge >= 0.3 is 5.97 Å². The lowest BCUT2D eigenvalue weighted by Gasteiger charge is -2.38. The van der Waals surface area contributed by atoms with Crippen molar-refractivity contribution in [2.24, 2.45) is 0 Å². The molecular formula is C11H21NO3. The molecule has 2 N–H and O–H groups in total. The van der Waals surface area contributed by atoms with Gasteiger partial charge in [0.2, 0.25) is 0 Å². The van der Waals surface area contributed by atoms with Gasteiger partial charge < -0.3 is 15.2 Å². The van der Waals surface area contributed by atoms with E-state index in [1.165, 1.54) is 0 Å². The van der Waals surface area contributed by atoms with Crippen LogP contribution < -0.4 is 5.32 Å². The Morgan fingerprint density at radius 2 is 2.33 bits per heavy atom. The number of hydrogen-bond donors (Lipinski definition) is 2. The normalized spacial score (nSPS) is 31.5. The predicted octanol–water partition coefficient (Wildman–Crippen LogP) is 1.40. The Morgan fingerprint density at radius 1 is 1.60 bits per heavy atom. The average molecular weight is 215 g/mol. The molecule has 0 spiro atoms. The summed E-state index contributed by atoms with van der Waals surface area (Å²) in [5, 5.41) is 12.5. The third-order valence-electron chi connectivity index (χ3n) is 3.04. The van der Waals surface area contributed by atoms with Crippen molar-refractivity contribution in [3.63, 3.8) is 0 Å². The van der Waals surface area contributed by atoms with Crippen LogP contribution in [0.2, 0.25) is 0 Å². The lowest BCUT2D eigenvalue weighted by molar-refractivity contribution is -0.152. The first-order valence-electron chi connectivity index (χ1n) is 5.74. The number of nitrogens with one attached hydrogen (secondary N) is 1. The van der Waals surface area contributed by atoms with Crippen molar-refractivity contribution in [2.75, 3.05) is 13.2 Å². The van der Waals surface area contributed by atoms with Crippen molar-refractivity contribution < 1.29 is 14.6 Å². The fourth-order valence-corrected chi connectivity index (χ4v) is 2.01. The maximum atomic E-state index is 11.3. The summed E-state index contributed by atoms with van der Waals surface area (Å²) in [5.41, 5.74) is -0.755. The highest BCUT2D eigenvalue weighted by Gasteiger charge is 2.42. The van der Waals surface area contributed by atoms with E-state index in [9.17, 15) is 9.90 Å². The number of carboxylic acid groups (broad SMARTS) is 1. The molecule has 4 heteroatoms. The number of carbonyl (C=O) groups is 1. The molecule has 0 radical (unpaired) electrons. The number of rotatable bonds is 5. The van der Waals surface area contributed by atoms with E-state index >= 15 is 0 Å². The van der Waals surface area contributed by atoms with Gasteiger partial charge in [0.15, 0.2) is 0 Å². The molecule has 1 fully saturated rings. The van der Waals surface area contributed by atoms with Crippen LogP contribution in [0.3, 0.4) is 0 Å². The fraction of sp³-hybridized carbons (Fsp3) is 0.909. The summed E-state index contributed by atoms with van der Waals surface area (Å²) >= 11 is 0. The summed E-state index contributed by atoms with van der Waals surface area (Å²) in [7, 11) is 0. The molecule has 1 aliphatic rings. The minimum atomic E-state index is -0.755. The van der Waals surface area contributed by atoms with Gasteiger partial charge in [-0.2, -0.15) is 0 Å². The Labute approximate surface area is 91.0 Å². The first-order chi connectivity index (χ1) is 7.14. The standard InChI is InChI=1S/C11H21NO3/c1-3-6-12-11(10(13)14)5-7-15-9(4-2)8-11/h9,12H,3-8H2,1-2H3,(H,13,14). The van der Waals surface area contributed by atoms with Crippen LogP contribution in [0.25, 0.3) is 0 Å². The molecule has 1 aliphatic heterocycles. The molecule has 88 valence electrons. The molecule has 0 bridgehead atoms. The van der Waals surface area contributed by atoms with E-state index in [1.54, 1.807) is 0 Å². The summed E-state index contributed by atoms with van der Waals surface area (Å²) in [6.45, 7) is 5.37. The molecule has 1 saturated heterocycles. The SMILES string of the molecule is CCCNC1(C(=O)O)CCOC(CC)C1. The zero-order valence-corrected chi connectivity index (χ0v) is 9.58. The van der Waals surface area contributed by atoms with Gasteiger partial charge in [-0.15, -0.1) is 0 Å². The highest BCUT2D eigenvalue weighted by molar-refractivity contribution is 5.79. The lowest BCUT2D eigenvalue weighted by Crippen LogP contribution is -2.57. The molecule has 2 atom stereocenters. The molecule has 0 amide bonds. The number of aliphatic carboxylic acids is 1. The van der Waals surface area contributed by atoms with Crippen LogP contribution in [0.1, 0.15) is 39.5 Å². The van der Waals surface area contributed by atoms with Gasteiger partial charge in [0.1, 0.15) is 5.54 Å².